The van der Waals surface area contributed by atoms with Crippen LogP contribution in [0.15, 0.2) is 6.33 Å². The summed E-state index contributed by atoms with van der Waals surface area (Å²) in [4.78, 5) is 12.2. The van der Waals surface area contributed by atoms with Crippen molar-refractivity contribution < 1.29 is 4.74 Å². The first-order valence-electron chi connectivity index (χ1n) is 4.29. The molecule has 0 atom stereocenters. The predicted octanol–water partition coefficient (Wildman–Crippen LogP) is 0.344. The highest BCUT2D eigenvalue weighted by molar-refractivity contribution is 5.81. The Balaban J connectivity index is 2.63. The van der Waals surface area contributed by atoms with Crippen LogP contribution in [-0.2, 0) is 7.05 Å². The second-order valence-electron chi connectivity index (χ2n) is 2.85. The number of aromatic nitrogens is 4. The Morgan fingerprint density at radius 2 is 2.29 bits per heavy atom. The Morgan fingerprint density at radius 1 is 1.50 bits per heavy atom. The number of hydrogen-bond donors (Lipinski definition) is 1. The fourth-order valence-corrected chi connectivity index (χ4v) is 1.20. The summed E-state index contributed by atoms with van der Waals surface area (Å²) in [5, 5.41) is 0. The maximum absolute atomic E-state index is 5.69. The second-order valence-corrected chi connectivity index (χ2v) is 2.85. The van der Waals surface area contributed by atoms with Crippen molar-refractivity contribution in [3.05, 3.63) is 6.33 Å². The number of rotatable bonds is 2. The van der Waals surface area contributed by atoms with Gasteiger partial charge in [-0.05, 0) is 6.92 Å². The molecule has 0 saturated carbocycles. The van der Waals surface area contributed by atoms with Gasteiger partial charge < -0.3 is 15.0 Å². The van der Waals surface area contributed by atoms with Gasteiger partial charge in [-0.15, -0.1) is 0 Å². The number of ether oxygens (including phenoxy) is 1. The van der Waals surface area contributed by atoms with Crippen molar-refractivity contribution >= 4 is 17.0 Å². The molecule has 2 heterocycles. The molecule has 0 aliphatic heterocycles. The van der Waals surface area contributed by atoms with E-state index in [2.05, 4.69) is 15.0 Å². The molecule has 6 nitrogen and oxygen atoms in total. The second kappa shape index (κ2) is 3.13. The molecule has 0 amide bonds. The summed E-state index contributed by atoms with van der Waals surface area (Å²) < 4.78 is 6.95. The van der Waals surface area contributed by atoms with Gasteiger partial charge in [0.15, 0.2) is 11.5 Å². The summed E-state index contributed by atoms with van der Waals surface area (Å²) in [7, 11) is 1.84. The highest BCUT2D eigenvalue weighted by atomic mass is 16.5. The van der Waals surface area contributed by atoms with Crippen LogP contribution >= 0.6 is 0 Å². The van der Waals surface area contributed by atoms with Crippen LogP contribution in [0.1, 0.15) is 6.92 Å². The molecule has 0 aromatic carbocycles. The summed E-state index contributed by atoms with van der Waals surface area (Å²) in [6.45, 7) is 2.38. The van der Waals surface area contributed by atoms with Crippen LogP contribution in [0.2, 0.25) is 0 Å². The van der Waals surface area contributed by atoms with E-state index in [0.717, 1.165) is 0 Å². The average molecular weight is 193 g/mol. The summed E-state index contributed by atoms with van der Waals surface area (Å²) in [6, 6.07) is 0.293. The number of anilines is 1. The number of nitrogens with zero attached hydrogens (tertiary/aromatic N) is 4. The smallest absolute Gasteiger partial charge is 0.320 e. The van der Waals surface area contributed by atoms with Crippen molar-refractivity contribution in [3.8, 4) is 6.01 Å². The van der Waals surface area contributed by atoms with E-state index >= 15 is 0 Å². The van der Waals surface area contributed by atoms with Gasteiger partial charge in [0, 0.05) is 7.05 Å². The third kappa shape index (κ3) is 1.24. The molecule has 0 unspecified atom stereocenters. The monoisotopic (exact) mass is 193 g/mol. The Kier molecular flexibility index (Phi) is 1.95. The fraction of sp³-hybridized carbons (Fsp3) is 0.375. The van der Waals surface area contributed by atoms with Gasteiger partial charge in [-0.1, -0.05) is 0 Å². The van der Waals surface area contributed by atoms with E-state index in [9.17, 15) is 0 Å². The van der Waals surface area contributed by atoms with Crippen LogP contribution in [-0.4, -0.2) is 26.1 Å². The van der Waals surface area contributed by atoms with E-state index < -0.39 is 0 Å². The summed E-state index contributed by atoms with van der Waals surface area (Å²) in [5.74, 6) is 0.346. The zero-order chi connectivity index (χ0) is 10.1. The van der Waals surface area contributed by atoms with Gasteiger partial charge >= 0.3 is 6.01 Å². The van der Waals surface area contributed by atoms with Crippen LogP contribution in [0.5, 0.6) is 6.01 Å². The average Bonchev–Trinajstić information content (AvgIpc) is 2.49. The van der Waals surface area contributed by atoms with Gasteiger partial charge in [0.05, 0.1) is 12.9 Å². The van der Waals surface area contributed by atoms with Gasteiger partial charge in [0.25, 0.3) is 0 Å². The molecule has 6 heteroatoms. The highest BCUT2D eigenvalue weighted by Gasteiger charge is 2.09. The Hall–Kier alpha value is -1.85. The minimum absolute atomic E-state index is 0.293. The molecule has 0 bridgehead atoms. The van der Waals surface area contributed by atoms with Crippen LogP contribution in [0.25, 0.3) is 11.2 Å². The number of nitrogen functional groups attached to an aromatic ring is 1. The molecular formula is C8H11N5O. The van der Waals surface area contributed by atoms with Crippen molar-refractivity contribution in [2.24, 2.45) is 7.05 Å². The van der Waals surface area contributed by atoms with Crippen molar-refractivity contribution in [2.45, 2.75) is 6.92 Å². The molecule has 0 radical (unpaired) electrons. The predicted molar refractivity (Wildman–Crippen MR) is 51.9 cm³/mol. The lowest BCUT2D eigenvalue weighted by molar-refractivity contribution is 0.314. The maximum atomic E-state index is 5.69. The van der Waals surface area contributed by atoms with Crippen LogP contribution in [0.3, 0.4) is 0 Å². The topological polar surface area (TPSA) is 78.9 Å². The fourth-order valence-electron chi connectivity index (χ4n) is 1.20. The van der Waals surface area contributed by atoms with E-state index in [1.807, 2.05) is 14.0 Å². The summed E-state index contributed by atoms with van der Waals surface area (Å²) in [5.41, 5.74) is 6.98. The van der Waals surface area contributed by atoms with Crippen molar-refractivity contribution in [1.82, 2.24) is 19.5 Å². The molecule has 0 fully saturated rings. The van der Waals surface area contributed by atoms with E-state index in [4.69, 9.17) is 10.5 Å². The number of hydrogen-bond acceptors (Lipinski definition) is 5. The number of nitrogens with two attached hydrogens (primary N) is 1. The molecule has 0 saturated heterocycles. The highest BCUT2D eigenvalue weighted by Crippen LogP contribution is 2.17. The van der Waals surface area contributed by atoms with Crippen molar-refractivity contribution in [1.29, 1.82) is 0 Å². The first-order valence-corrected chi connectivity index (χ1v) is 4.29. The number of fused-ring (bicyclic) bond motifs is 1. The summed E-state index contributed by atoms with van der Waals surface area (Å²) >= 11 is 0. The minimum Gasteiger partial charge on any atom is -0.464 e. The Morgan fingerprint density at radius 3 is 3.00 bits per heavy atom. The third-order valence-corrected chi connectivity index (χ3v) is 1.84. The first-order chi connectivity index (χ1) is 6.72. The Labute approximate surface area is 80.7 Å². The molecule has 2 aromatic rings. The van der Waals surface area contributed by atoms with E-state index in [0.29, 0.717) is 29.6 Å². The lowest BCUT2D eigenvalue weighted by Crippen LogP contribution is -2.02. The van der Waals surface area contributed by atoms with E-state index in [-0.39, 0.29) is 0 Å². The molecule has 2 rings (SSSR count). The third-order valence-electron chi connectivity index (χ3n) is 1.84. The molecule has 74 valence electrons. The maximum Gasteiger partial charge on any atom is 0.320 e. The zero-order valence-corrected chi connectivity index (χ0v) is 8.06. The van der Waals surface area contributed by atoms with E-state index in [1.54, 1.807) is 10.9 Å². The SMILES string of the molecule is CCOc1nc(N)c2ncn(C)c2n1. The van der Waals surface area contributed by atoms with Gasteiger partial charge in [-0.3, -0.25) is 0 Å². The van der Waals surface area contributed by atoms with Crippen LogP contribution < -0.4 is 10.5 Å². The molecule has 2 N–H and O–H groups in total. The molecular weight excluding hydrogens is 182 g/mol. The van der Waals surface area contributed by atoms with Gasteiger partial charge in [0.1, 0.15) is 5.52 Å². The van der Waals surface area contributed by atoms with Crippen LogP contribution in [0, 0.1) is 0 Å². The first kappa shape index (κ1) is 8.74. The number of aryl methyl sites for hydroxylation is 1. The van der Waals surface area contributed by atoms with Crippen LogP contribution in [0.4, 0.5) is 5.82 Å². The summed E-state index contributed by atoms with van der Waals surface area (Å²) in [6.07, 6.45) is 1.64. The zero-order valence-electron chi connectivity index (χ0n) is 8.06. The number of imidazole rings is 1. The van der Waals surface area contributed by atoms with Crippen molar-refractivity contribution in [3.63, 3.8) is 0 Å². The molecule has 2 aromatic heterocycles. The molecule has 0 spiro atoms. The van der Waals surface area contributed by atoms with Gasteiger partial charge in [0.2, 0.25) is 0 Å². The molecule has 0 aliphatic carbocycles. The Bertz CT molecular complexity index is 464. The van der Waals surface area contributed by atoms with Crippen molar-refractivity contribution in [2.75, 3.05) is 12.3 Å². The minimum atomic E-state index is 0.293. The largest absolute Gasteiger partial charge is 0.464 e. The lowest BCUT2D eigenvalue weighted by Gasteiger charge is -2.02. The molecule has 14 heavy (non-hydrogen) atoms. The van der Waals surface area contributed by atoms with E-state index in [1.165, 1.54) is 0 Å². The van der Waals surface area contributed by atoms with Gasteiger partial charge in [-0.2, -0.15) is 9.97 Å². The normalized spacial score (nSPS) is 10.7. The lowest BCUT2D eigenvalue weighted by atomic mass is 10.5. The molecule has 0 aliphatic rings. The standard InChI is InChI=1S/C8H11N5O/c1-3-14-8-11-6(9)5-7(12-8)13(2)4-10-5/h4H,3H2,1-2H3,(H2,9,11,12). The van der Waals surface area contributed by atoms with Gasteiger partial charge in [-0.25, -0.2) is 4.98 Å². The quantitative estimate of drug-likeness (QED) is 0.744.